The number of anilines is 1. The normalized spacial score (nSPS) is 10.7. The summed E-state index contributed by atoms with van der Waals surface area (Å²) in [5, 5.41) is 3.55. The summed E-state index contributed by atoms with van der Waals surface area (Å²) in [5.74, 6) is 1.55. The van der Waals surface area contributed by atoms with Crippen LogP contribution in [0, 0.1) is 6.92 Å². The fraction of sp³-hybridized carbons (Fsp3) is 0.400. The number of hydrogen-bond acceptors (Lipinski definition) is 2. The first-order valence-electron chi connectivity index (χ1n) is 8.19. The van der Waals surface area contributed by atoms with E-state index < -0.39 is 0 Å². The molecule has 0 heterocycles. The van der Waals surface area contributed by atoms with Gasteiger partial charge in [-0.05, 0) is 48.9 Å². The van der Waals surface area contributed by atoms with Gasteiger partial charge in [-0.3, -0.25) is 0 Å². The largest absolute Gasteiger partial charge is 0.493 e. The second kappa shape index (κ2) is 8.47. The van der Waals surface area contributed by atoms with E-state index in [0.717, 1.165) is 31.7 Å². The van der Waals surface area contributed by atoms with Gasteiger partial charge in [0, 0.05) is 12.2 Å². The zero-order chi connectivity index (χ0) is 15.8. The fourth-order valence-electron chi connectivity index (χ4n) is 2.51. The lowest BCUT2D eigenvalue weighted by atomic mass is 10.0. The van der Waals surface area contributed by atoms with Crippen molar-refractivity contribution in [2.75, 3.05) is 18.5 Å². The van der Waals surface area contributed by atoms with E-state index in [2.05, 4.69) is 56.4 Å². The van der Waals surface area contributed by atoms with Crippen molar-refractivity contribution in [1.29, 1.82) is 0 Å². The van der Waals surface area contributed by atoms with Gasteiger partial charge in [-0.15, -0.1) is 0 Å². The second-order valence-electron chi connectivity index (χ2n) is 5.99. The number of unbranched alkanes of at least 4 members (excludes halogenated alkanes) is 1. The van der Waals surface area contributed by atoms with Crippen molar-refractivity contribution in [2.45, 2.75) is 39.5 Å². The van der Waals surface area contributed by atoms with Gasteiger partial charge in [0.15, 0.2) is 0 Å². The van der Waals surface area contributed by atoms with Crippen molar-refractivity contribution in [3.63, 3.8) is 0 Å². The highest BCUT2D eigenvalue weighted by Crippen LogP contribution is 2.23. The smallest absolute Gasteiger partial charge is 0.122 e. The topological polar surface area (TPSA) is 21.3 Å². The molecule has 0 radical (unpaired) electrons. The number of nitrogens with one attached hydrogen (secondary N) is 1. The standard InChI is InChI=1S/C20H27NO/c1-16(2)18-11-5-6-12-19(18)21-14-8-9-15-22-20-13-7-4-10-17(20)3/h4-7,10-13,16,21H,8-9,14-15H2,1-3H3. The molecule has 0 aliphatic heterocycles. The zero-order valence-electron chi connectivity index (χ0n) is 13.9. The molecule has 0 fully saturated rings. The Hall–Kier alpha value is -1.96. The van der Waals surface area contributed by atoms with Crippen molar-refractivity contribution in [3.8, 4) is 5.75 Å². The zero-order valence-corrected chi connectivity index (χ0v) is 13.9. The molecule has 2 nitrogen and oxygen atoms in total. The quantitative estimate of drug-likeness (QED) is 0.660. The van der Waals surface area contributed by atoms with E-state index in [4.69, 9.17) is 4.74 Å². The van der Waals surface area contributed by atoms with Crippen LogP contribution in [0.1, 0.15) is 43.7 Å². The molecule has 118 valence electrons. The number of hydrogen-bond donors (Lipinski definition) is 1. The van der Waals surface area contributed by atoms with Crippen LogP contribution < -0.4 is 10.1 Å². The van der Waals surface area contributed by atoms with Gasteiger partial charge in [-0.1, -0.05) is 50.2 Å². The summed E-state index contributed by atoms with van der Waals surface area (Å²) >= 11 is 0. The van der Waals surface area contributed by atoms with Gasteiger partial charge in [-0.2, -0.15) is 0 Å². The van der Waals surface area contributed by atoms with E-state index in [-0.39, 0.29) is 0 Å². The van der Waals surface area contributed by atoms with E-state index in [9.17, 15) is 0 Å². The highest BCUT2D eigenvalue weighted by Gasteiger charge is 2.04. The monoisotopic (exact) mass is 297 g/mol. The summed E-state index contributed by atoms with van der Waals surface area (Å²) in [4.78, 5) is 0. The first-order valence-corrected chi connectivity index (χ1v) is 8.19. The summed E-state index contributed by atoms with van der Waals surface area (Å²) in [7, 11) is 0. The van der Waals surface area contributed by atoms with Gasteiger partial charge < -0.3 is 10.1 Å². The summed E-state index contributed by atoms with van der Waals surface area (Å²) in [6.07, 6.45) is 2.17. The van der Waals surface area contributed by atoms with E-state index in [0.29, 0.717) is 5.92 Å². The molecule has 0 saturated heterocycles. The number of aryl methyl sites for hydroxylation is 1. The molecule has 0 atom stereocenters. The molecular weight excluding hydrogens is 270 g/mol. The molecule has 2 rings (SSSR count). The lowest BCUT2D eigenvalue weighted by Crippen LogP contribution is -2.07. The third-order valence-electron chi connectivity index (χ3n) is 3.82. The van der Waals surface area contributed by atoms with Gasteiger partial charge in [0.1, 0.15) is 5.75 Å². The third kappa shape index (κ3) is 4.80. The minimum Gasteiger partial charge on any atom is -0.493 e. The molecular formula is C20H27NO. The van der Waals surface area contributed by atoms with Gasteiger partial charge in [-0.25, -0.2) is 0 Å². The van der Waals surface area contributed by atoms with Crippen LogP contribution in [0.4, 0.5) is 5.69 Å². The summed E-state index contributed by atoms with van der Waals surface area (Å²) in [6, 6.07) is 16.7. The van der Waals surface area contributed by atoms with Gasteiger partial charge >= 0.3 is 0 Å². The van der Waals surface area contributed by atoms with Crippen LogP contribution in [0.2, 0.25) is 0 Å². The van der Waals surface area contributed by atoms with Crippen molar-refractivity contribution in [3.05, 3.63) is 59.7 Å². The Balaban J connectivity index is 1.69. The second-order valence-corrected chi connectivity index (χ2v) is 5.99. The molecule has 0 aliphatic carbocycles. The Morgan fingerprint density at radius 2 is 1.68 bits per heavy atom. The minimum atomic E-state index is 0.549. The maximum Gasteiger partial charge on any atom is 0.122 e. The molecule has 2 heteroatoms. The maximum atomic E-state index is 5.82. The molecule has 2 aromatic carbocycles. The van der Waals surface area contributed by atoms with Crippen LogP contribution in [0.3, 0.4) is 0 Å². The van der Waals surface area contributed by atoms with E-state index in [1.807, 2.05) is 18.2 Å². The molecule has 1 N–H and O–H groups in total. The van der Waals surface area contributed by atoms with Crippen molar-refractivity contribution < 1.29 is 4.74 Å². The average molecular weight is 297 g/mol. The van der Waals surface area contributed by atoms with Crippen molar-refractivity contribution >= 4 is 5.69 Å². The first-order chi connectivity index (χ1) is 10.7. The number of rotatable bonds is 8. The lowest BCUT2D eigenvalue weighted by molar-refractivity contribution is 0.306. The molecule has 0 spiro atoms. The van der Waals surface area contributed by atoms with Crippen LogP contribution in [0.5, 0.6) is 5.75 Å². The minimum absolute atomic E-state index is 0.549. The highest BCUT2D eigenvalue weighted by atomic mass is 16.5. The third-order valence-corrected chi connectivity index (χ3v) is 3.82. The Morgan fingerprint density at radius 3 is 2.45 bits per heavy atom. The van der Waals surface area contributed by atoms with Crippen LogP contribution in [-0.2, 0) is 0 Å². The maximum absolute atomic E-state index is 5.82. The van der Waals surface area contributed by atoms with Gasteiger partial charge in [0.2, 0.25) is 0 Å². The Morgan fingerprint density at radius 1 is 0.955 bits per heavy atom. The first kappa shape index (κ1) is 16.4. The predicted octanol–water partition coefficient (Wildman–Crippen LogP) is 5.39. The van der Waals surface area contributed by atoms with Crippen LogP contribution in [0.25, 0.3) is 0 Å². The van der Waals surface area contributed by atoms with Crippen LogP contribution in [-0.4, -0.2) is 13.2 Å². The Kier molecular flexibility index (Phi) is 6.32. The lowest BCUT2D eigenvalue weighted by Gasteiger charge is -2.14. The molecule has 2 aromatic rings. The van der Waals surface area contributed by atoms with Gasteiger partial charge in [0.05, 0.1) is 6.61 Å². The van der Waals surface area contributed by atoms with Crippen LogP contribution in [0.15, 0.2) is 48.5 Å². The summed E-state index contributed by atoms with van der Waals surface area (Å²) < 4.78 is 5.82. The van der Waals surface area contributed by atoms with Crippen molar-refractivity contribution in [1.82, 2.24) is 0 Å². The molecule has 0 aromatic heterocycles. The predicted molar refractivity (Wildman–Crippen MR) is 94.9 cm³/mol. The molecule has 0 unspecified atom stereocenters. The SMILES string of the molecule is Cc1ccccc1OCCCCNc1ccccc1C(C)C. The number of para-hydroxylation sites is 2. The highest BCUT2D eigenvalue weighted by molar-refractivity contribution is 5.52. The average Bonchev–Trinajstić information content (AvgIpc) is 2.52. The molecule has 22 heavy (non-hydrogen) atoms. The van der Waals surface area contributed by atoms with E-state index >= 15 is 0 Å². The van der Waals surface area contributed by atoms with E-state index in [1.165, 1.54) is 16.8 Å². The number of ether oxygens (including phenoxy) is 1. The fourth-order valence-corrected chi connectivity index (χ4v) is 2.51. The van der Waals surface area contributed by atoms with Gasteiger partial charge in [0.25, 0.3) is 0 Å². The molecule has 0 bridgehead atoms. The van der Waals surface area contributed by atoms with Crippen molar-refractivity contribution in [2.24, 2.45) is 0 Å². The summed E-state index contributed by atoms with van der Waals surface area (Å²) in [6.45, 7) is 8.31. The van der Waals surface area contributed by atoms with E-state index in [1.54, 1.807) is 0 Å². The Labute approximate surface area is 134 Å². The Bertz CT molecular complexity index is 577. The number of benzene rings is 2. The summed E-state index contributed by atoms with van der Waals surface area (Å²) in [5.41, 5.74) is 3.85. The van der Waals surface area contributed by atoms with Crippen LogP contribution >= 0.6 is 0 Å². The molecule has 0 saturated carbocycles. The molecule has 0 amide bonds. The molecule has 0 aliphatic rings.